The summed E-state index contributed by atoms with van der Waals surface area (Å²) in [5.74, 6) is 0. The average molecular weight is 268 g/mol. The van der Waals surface area contributed by atoms with Crippen molar-refractivity contribution >= 4 is 11.6 Å². The molecule has 0 amide bonds. The summed E-state index contributed by atoms with van der Waals surface area (Å²) in [6.07, 6.45) is 0. The van der Waals surface area contributed by atoms with E-state index in [0.29, 0.717) is 18.6 Å². The zero-order valence-corrected chi connectivity index (χ0v) is 11.9. The van der Waals surface area contributed by atoms with E-state index < -0.39 is 0 Å². The molecule has 0 spiro atoms. The Bertz CT molecular complexity index is 396. The third kappa shape index (κ3) is 2.86. The van der Waals surface area contributed by atoms with Gasteiger partial charge in [0.25, 0.3) is 0 Å². The zero-order chi connectivity index (χ0) is 13.1. The molecule has 2 unspecified atom stereocenters. The second kappa shape index (κ2) is 6.02. The highest BCUT2D eigenvalue weighted by molar-refractivity contribution is 6.31. The maximum Gasteiger partial charge on any atom is 0.0453 e. The van der Waals surface area contributed by atoms with Gasteiger partial charge in [0, 0.05) is 43.3 Å². The van der Waals surface area contributed by atoms with Crippen molar-refractivity contribution in [1.29, 1.82) is 0 Å². The van der Waals surface area contributed by atoms with Gasteiger partial charge in [-0.3, -0.25) is 4.90 Å². The second-order valence-corrected chi connectivity index (χ2v) is 5.49. The van der Waals surface area contributed by atoms with Crippen LogP contribution in [0.25, 0.3) is 0 Å². The molecule has 1 fully saturated rings. The summed E-state index contributed by atoms with van der Waals surface area (Å²) >= 11 is 6.29. The van der Waals surface area contributed by atoms with Gasteiger partial charge >= 0.3 is 0 Å². The second-order valence-electron chi connectivity index (χ2n) is 5.09. The van der Waals surface area contributed by atoms with E-state index >= 15 is 0 Å². The number of likely N-dealkylation sites (N-methyl/N-ethyl adjacent to an activating group) is 1. The number of benzene rings is 1. The van der Waals surface area contributed by atoms with Crippen molar-refractivity contribution in [2.24, 2.45) is 5.73 Å². The normalized spacial score (nSPS) is 24.1. The Labute approximate surface area is 115 Å². The lowest BCUT2D eigenvalue weighted by atomic mass is 10.0. The van der Waals surface area contributed by atoms with Crippen LogP contribution in [0, 0.1) is 0 Å². The van der Waals surface area contributed by atoms with Crippen LogP contribution in [0.1, 0.15) is 18.5 Å². The van der Waals surface area contributed by atoms with Crippen LogP contribution in [0.2, 0.25) is 5.02 Å². The molecule has 1 aromatic rings. The molecule has 0 aliphatic carbocycles. The molecule has 2 rings (SSSR count). The summed E-state index contributed by atoms with van der Waals surface area (Å²) in [7, 11) is 2.15. The first kappa shape index (κ1) is 13.8. The van der Waals surface area contributed by atoms with Crippen molar-refractivity contribution in [1.82, 2.24) is 9.80 Å². The molecular weight excluding hydrogens is 246 g/mol. The van der Waals surface area contributed by atoms with Gasteiger partial charge in [-0.05, 0) is 25.6 Å². The van der Waals surface area contributed by atoms with Crippen molar-refractivity contribution < 1.29 is 0 Å². The summed E-state index contributed by atoms with van der Waals surface area (Å²) in [4.78, 5) is 4.81. The highest BCUT2D eigenvalue weighted by Crippen LogP contribution is 2.29. The van der Waals surface area contributed by atoms with E-state index in [2.05, 4.69) is 29.8 Å². The van der Waals surface area contributed by atoms with Crippen LogP contribution < -0.4 is 5.73 Å². The Balaban J connectivity index is 2.17. The Morgan fingerprint density at radius 2 is 2.11 bits per heavy atom. The molecule has 2 N–H and O–H groups in total. The fourth-order valence-electron chi connectivity index (χ4n) is 2.74. The number of rotatable bonds is 3. The molecule has 1 aliphatic rings. The van der Waals surface area contributed by atoms with Gasteiger partial charge < -0.3 is 10.6 Å². The Morgan fingerprint density at radius 3 is 2.78 bits per heavy atom. The van der Waals surface area contributed by atoms with Crippen LogP contribution >= 0.6 is 11.6 Å². The number of piperazine rings is 1. The first-order valence-corrected chi connectivity index (χ1v) is 6.90. The summed E-state index contributed by atoms with van der Waals surface area (Å²) in [5.41, 5.74) is 7.10. The smallest absolute Gasteiger partial charge is 0.0453 e. The van der Waals surface area contributed by atoms with Gasteiger partial charge in [-0.25, -0.2) is 0 Å². The summed E-state index contributed by atoms with van der Waals surface area (Å²) in [5, 5.41) is 0.847. The van der Waals surface area contributed by atoms with E-state index in [-0.39, 0.29) is 0 Å². The molecule has 0 saturated carbocycles. The third-order valence-corrected chi connectivity index (χ3v) is 4.20. The van der Waals surface area contributed by atoms with Crippen molar-refractivity contribution in [3.63, 3.8) is 0 Å². The Hall–Kier alpha value is -0.610. The number of hydrogen-bond donors (Lipinski definition) is 1. The first-order chi connectivity index (χ1) is 8.63. The van der Waals surface area contributed by atoms with E-state index in [0.717, 1.165) is 24.7 Å². The largest absolute Gasteiger partial charge is 0.329 e. The van der Waals surface area contributed by atoms with Crippen LogP contribution in [-0.4, -0.2) is 49.1 Å². The van der Waals surface area contributed by atoms with E-state index in [9.17, 15) is 0 Å². The van der Waals surface area contributed by atoms with Crippen molar-refractivity contribution in [2.45, 2.75) is 19.0 Å². The Kier molecular flexibility index (Phi) is 4.62. The molecular formula is C14H22ClN3. The molecule has 3 nitrogen and oxygen atoms in total. The third-order valence-electron chi connectivity index (χ3n) is 3.86. The minimum atomic E-state index is 0.320. The fraction of sp³-hybridized carbons (Fsp3) is 0.571. The summed E-state index contributed by atoms with van der Waals surface area (Å²) < 4.78 is 0. The lowest BCUT2D eigenvalue weighted by Crippen LogP contribution is -2.55. The highest BCUT2D eigenvalue weighted by Gasteiger charge is 2.29. The quantitative estimate of drug-likeness (QED) is 0.909. The molecule has 0 bridgehead atoms. The van der Waals surface area contributed by atoms with Crippen LogP contribution in [-0.2, 0) is 0 Å². The predicted molar refractivity (Wildman–Crippen MR) is 76.9 cm³/mol. The van der Waals surface area contributed by atoms with E-state index in [1.165, 1.54) is 5.56 Å². The summed E-state index contributed by atoms with van der Waals surface area (Å²) in [6.45, 7) is 6.08. The van der Waals surface area contributed by atoms with E-state index in [1.54, 1.807) is 0 Å². The molecule has 1 aromatic carbocycles. The van der Waals surface area contributed by atoms with Gasteiger partial charge in [0.15, 0.2) is 0 Å². The van der Waals surface area contributed by atoms with E-state index in [1.807, 2.05) is 18.2 Å². The highest BCUT2D eigenvalue weighted by atomic mass is 35.5. The minimum absolute atomic E-state index is 0.320. The van der Waals surface area contributed by atoms with Crippen molar-refractivity contribution in [3.05, 3.63) is 34.9 Å². The van der Waals surface area contributed by atoms with Crippen molar-refractivity contribution in [2.75, 3.05) is 33.2 Å². The molecule has 1 heterocycles. The van der Waals surface area contributed by atoms with Gasteiger partial charge in [0.2, 0.25) is 0 Å². The molecule has 1 aliphatic heterocycles. The van der Waals surface area contributed by atoms with E-state index in [4.69, 9.17) is 17.3 Å². The molecule has 1 saturated heterocycles. The van der Waals surface area contributed by atoms with Crippen molar-refractivity contribution in [3.8, 4) is 0 Å². The van der Waals surface area contributed by atoms with Crippen LogP contribution in [0.4, 0.5) is 0 Å². The molecule has 2 atom stereocenters. The molecule has 0 aromatic heterocycles. The van der Waals surface area contributed by atoms with Crippen LogP contribution in [0.5, 0.6) is 0 Å². The first-order valence-electron chi connectivity index (χ1n) is 6.52. The van der Waals surface area contributed by atoms with Gasteiger partial charge in [-0.2, -0.15) is 0 Å². The molecule has 0 radical (unpaired) electrons. The predicted octanol–water partition coefficient (Wildman–Crippen LogP) is 1.98. The van der Waals surface area contributed by atoms with Crippen LogP contribution in [0.3, 0.4) is 0 Å². The monoisotopic (exact) mass is 267 g/mol. The molecule has 18 heavy (non-hydrogen) atoms. The van der Waals surface area contributed by atoms with Gasteiger partial charge in [-0.1, -0.05) is 29.8 Å². The minimum Gasteiger partial charge on any atom is -0.329 e. The average Bonchev–Trinajstić information content (AvgIpc) is 2.38. The SMILES string of the molecule is CC(c1ccccc1Cl)N1CCN(C)CC1CN. The lowest BCUT2D eigenvalue weighted by Gasteiger charge is -2.43. The zero-order valence-electron chi connectivity index (χ0n) is 11.1. The number of nitrogens with two attached hydrogens (primary N) is 1. The standard InChI is InChI=1S/C14H22ClN3/c1-11(13-5-3-4-6-14(13)15)18-8-7-17(2)10-12(18)9-16/h3-6,11-12H,7-10,16H2,1-2H3. The maximum absolute atomic E-state index is 6.29. The molecule has 4 heteroatoms. The number of nitrogens with zero attached hydrogens (tertiary/aromatic N) is 2. The summed E-state index contributed by atoms with van der Waals surface area (Å²) in [6, 6.07) is 8.82. The number of halogens is 1. The molecule has 100 valence electrons. The number of hydrogen-bond acceptors (Lipinski definition) is 3. The van der Waals surface area contributed by atoms with Gasteiger partial charge in [0.1, 0.15) is 0 Å². The maximum atomic E-state index is 6.29. The van der Waals surface area contributed by atoms with Crippen LogP contribution in [0.15, 0.2) is 24.3 Å². The Morgan fingerprint density at radius 1 is 1.39 bits per heavy atom. The van der Waals surface area contributed by atoms with Gasteiger partial charge in [-0.15, -0.1) is 0 Å². The lowest BCUT2D eigenvalue weighted by molar-refractivity contribution is 0.0621. The van der Waals surface area contributed by atoms with Gasteiger partial charge in [0.05, 0.1) is 0 Å². The fourth-order valence-corrected chi connectivity index (χ4v) is 3.03. The topological polar surface area (TPSA) is 32.5 Å².